The van der Waals surface area contributed by atoms with Crippen molar-refractivity contribution in [2.75, 3.05) is 13.1 Å². The van der Waals surface area contributed by atoms with Crippen LogP contribution in [0.25, 0.3) is 0 Å². The van der Waals surface area contributed by atoms with Crippen LogP contribution in [-0.2, 0) is 10.2 Å². The number of primary amides is 1. The van der Waals surface area contributed by atoms with Crippen molar-refractivity contribution in [2.45, 2.75) is 46.0 Å². The predicted octanol–water partition coefficient (Wildman–Crippen LogP) is 2.63. The minimum absolute atomic E-state index is 0.0564. The third kappa shape index (κ3) is 3.49. The van der Waals surface area contributed by atoms with Crippen LogP contribution in [0.1, 0.15) is 55.1 Å². The molecule has 1 saturated heterocycles. The summed E-state index contributed by atoms with van der Waals surface area (Å²) >= 11 is 0. The summed E-state index contributed by atoms with van der Waals surface area (Å²) in [6.07, 6.45) is 1.33. The van der Waals surface area contributed by atoms with Crippen molar-refractivity contribution in [1.82, 2.24) is 4.90 Å². The Balaban J connectivity index is 2.12. The Morgan fingerprint density at radius 3 is 2.23 bits per heavy atom. The number of hydrogen-bond donors (Lipinski definition) is 1. The second-order valence-electron chi connectivity index (χ2n) is 7.25. The SMILES string of the molecule is Cc1cc(C(C)(C)C)ccc1C(=O)N1CCC(C(N)=O)CC1. The minimum Gasteiger partial charge on any atom is -0.369 e. The first-order chi connectivity index (χ1) is 10.2. The summed E-state index contributed by atoms with van der Waals surface area (Å²) < 4.78 is 0. The number of piperidine rings is 1. The van der Waals surface area contributed by atoms with Crippen LogP contribution in [0.5, 0.6) is 0 Å². The van der Waals surface area contributed by atoms with Gasteiger partial charge in [-0.25, -0.2) is 0 Å². The molecule has 2 N–H and O–H groups in total. The zero-order chi connectivity index (χ0) is 16.5. The molecule has 1 aromatic rings. The summed E-state index contributed by atoms with van der Waals surface area (Å²) in [5.41, 5.74) is 8.41. The molecule has 1 heterocycles. The highest BCUT2D eigenvalue weighted by atomic mass is 16.2. The number of benzene rings is 1. The molecule has 0 radical (unpaired) electrons. The van der Waals surface area contributed by atoms with Crippen LogP contribution in [0.15, 0.2) is 18.2 Å². The molecule has 1 fully saturated rings. The fraction of sp³-hybridized carbons (Fsp3) is 0.556. The predicted molar refractivity (Wildman–Crippen MR) is 87.7 cm³/mol. The largest absolute Gasteiger partial charge is 0.369 e. The molecule has 0 saturated carbocycles. The number of nitrogens with two attached hydrogens (primary N) is 1. The van der Waals surface area contributed by atoms with Gasteiger partial charge < -0.3 is 10.6 Å². The summed E-state index contributed by atoms with van der Waals surface area (Å²) in [5.74, 6) is -0.285. The first kappa shape index (κ1) is 16.5. The molecule has 4 nitrogen and oxygen atoms in total. The number of amides is 2. The van der Waals surface area contributed by atoms with Crippen LogP contribution in [-0.4, -0.2) is 29.8 Å². The maximum Gasteiger partial charge on any atom is 0.254 e. The molecule has 1 aliphatic heterocycles. The lowest BCUT2D eigenvalue weighted by Gasteiger charge is -2.31. The van der Waals surface area contributed by atoms with Gasteiger partial charge in [0.25, 0.3) is 5.91 Å². The highest BCUT2D eigenvalue weighted by molar-refractivity contribution is 5.96. The van der Waals surface area contributed by atoms with E-state index in [1.807, 2.05) is 24.0 Å². The third-order valence-corrected chi connectivity index (χ3v) is 4.51. The monoisotopic (exact) mass is 302 g/mol. The van der Waals surface area contributed by atoms with Gasteiger partial charge in [0.1, 0.15) is 0 Å². The van der Waals surface area contributed by atoms with Gasteiger partial charge in [-0.15, -0.1) is 0 Å². The van der Waals surface area contributed by atoms with Crippen molar-refractivity contribution in [3.8, 4) is 0 Å². The molecular weight excluding hydrogens is 276 g/mol. The van der Waals surface area contributed by atoms with Gasteiger partial charge in [0.05, 0.1) is 0 Å². The van der Waals surface area contributed by atoms with E-state index in [2.05, 4.69) is 26.8 Å². The Hall–Kier alpha value is -1.84. The lowest BCUT2D eigenvalue weighted by Crippen LogP contribution is -2.41. The summed E-state index contributed by atoms with van der Waals surface area (Å²) in [7, 11) is 0. The molecule has 0 aromatic heterocycles. The Labute approximate surface area is 132 Å². The summed E-state index contributed by atoms with van der Waals surface area (Å²) in [5, 5.41) is 0. The number of aryl methyl sites for hydroxylation is 1. The van der Waals surface area contributed by atoms with E-state index in [9.17, 15) is 9.59 Å². The van der Waals surface area contributed by atoms with E-state index in [0.29, 0.717) is 25.9 Å². The highest BCUT2D eigenvalue weighted by Crippen LogP contribution is 2.26. The first-order valence-corrected chi connectivity index (χ1v) is 7.90. The number of carbonyl (C=O) groups excluding carboxylic acids is 2. The average molecular weight is 302 g/mol. The Morgan fingerprint density at radius 2 is 1.77 bits per heavy atom. The molecule has 2 amide bonds. The second kappa shape index (κ2) is 6.11. The zero-order valence-corrected chi connectivity index (χ0v) is 14.0. The molecule has 0 atom stereocenters. The van der Waals surface area contributed by atoms with Gasteiger partial charge >= 0.3 is 0 Å². The minimum atomic E-state index is -0.252. The molecule has 120 valence electrons. The first-order valence-electron chi connectivity index (χ1n) is 7.90. The maximum absolute atomic E-state index is 12.7. The lowest BCUT2D eigenvalue weighted by atomic mass is 9.85. The Bertz CT molecular complexity index is 579. The van der Waals surface area contributed by atoms with E-state index < -0.39 is 0 Å². The molecule has 0 bridgehead atoms. The van der Waals surface area contributed by atoms with E-state index in [0.717, 1.165) is 11.1 Å². The van der Waals surface area contributed by atoms with Crippen LogP contribution in [0.3, 0.4) is 0 Å². The van der Waals surface area contributed by atoms with E-state index >= 15 is 0 Å². The number of rotatable bonds is 2. The standard InChI is InChI=1S/C18H26N2O2/c1-12-11-14(18(2,3)4)5-6-15(12)17(22)20-9-7-13(8-10-20)16(19)21/h5-6,11,13H,7-10H2,1-4H3,(H2,19,21). The van der Waals surface area contributed by atoms with Gasteiger partial charge in [-0.05, 0) is 42.4 Å². The summed E-state index contributed by atoms with van der Waals surface area (Å²) in [6, 6.07) is 6.07. The van der Waals surface area contributed by atoms with E-state index in [-0.39, 0.29) is 23.1 Å². The quantitative estimate of drug-likeness (QED) is 0.912. The smallest absolute Gasteiger partial charge is 0.254 e. The number of likely N-dealkylation sites (tertiary alicyclic amines) is 1. The summed E-state index contributed by atoms with van der Waals surface area (Å²) in [4.78, 5) is 25.7. The number of nitrogens with zero attached hydrogens (tertiary/aromatic N) is 1. The molecule has 1 aromatic carbocycles. The van der Waals surface area contributed by atoms with Gasteiger partial charge in [0.2, 0.25) is 5.91 Å². The van der Waals surface area contributed by atoms with Crippen molar-refractivity contribution in [1.29, 1.82) is 0 Å². The molecule has 22 heavy (non-hydrogen) atoms. The van der Waals surface area contributed by atoms with Crippen molar-refractivity contribution >= 4 is 11.8 Å². The lowest BCUT2D eigenvalue weighted by molar-refractivity contribution is -0.123. The second-order valence-corrected chi connectivity index (χ2v) is 7.25. The van der Waals surface area contributed by atoms with Crippen LogP contribution in [0.4, 0.5) is 0 Å². The van der Waals surface area contributed by atoms with Gasteiger partial charge in [-0.2, -0.15) is 0 Å². The molecule has 0 unspecified atom stereocenters. The van der Waals surface area contributed by atoms with Crippen molar-refractivity contribution in [2.24, 2.45) is 11.7 Å². The topological polar surface area (TPSA) is 63.4 Å². The van der Waals surface area contributed by atoms with Crippen molar-refractivity contribution in [3.05, 3.63) is 34.9 Å². The van der Waals surface area contributed by atoms with Crippen LogP contribution < -0.4 is 5.73 Å². The van der Waals surface area contributed by atoms with Gasteiger partial charge in [0, 0.05) is 24.6 Å². The van der Waals surface area contributed by atoms with E-state index in [1.54, 1.807) is 0 Å². The molecule has 0 spiro atoms. The third-order valence-electron chi connectivity index (χ3n) is 4.51. The Kier molecular flexibility index (Phi) is 4.59. The van der Waals surface area contributed by atoms with Gasteiger partial charge in [-0.1, -0.05) is 32.9 Å². The van der Waals surface area contributed by atoms with E-state index in [1.165, 1.54) is 5.56 Å². The molecule has 1 aliphatic rings. The molecule has 0 aliphatic carbocycles. The van der Waals surface area contributed by atoms with Crippen LogP contribution in [0.2, 0.25) is 0 Å². The summed E-state index contributed by atoms with van der Waals surface area (Å²) in [6.45, 7) is 9.69. The van der Waals surface area contributed by atoms with E-state index in [4.69, 9.17) is 5.73 Å². The van der Waals surface area contributed by atoms with Crippen molar-refractivity contribution in [3.63, 3.8) is 0 Å². The fourth-order valence-corrected chi connectivity index (χ4v) is 2.91. The maximum atomic E-state index is 12.7. The highest BCUT2D eigenvalue weighted by Gasteiger charge is 2.27. The molecule has 2 rings (SSSR count). The average Bonchev–Trinajstić information content (AvgIpc) is 2.45. The van der Waals surface area contributed by atoms with Gasteiger partial charge in [0.15, 0.2) is 0 Å². The normalized spacial score (nSPS) is 16.6. The number of hydrogen-bond acceptors (Lipinski definition) is 2. The van der Waals surface area contributed by atoms with Crippen molar-refractivity contribution < 1.29 is 9.59 Å². The zero-order valence-electron chi connectivity index (χ0n) is 14.0. The molecular formula is C18H26N2O2. The van der Waals surface area contributed by atoms with Crippen LogP contribution in [0, 0.1) is 12.8 Å². The number of carbonyl (C=O) groups is 2. The van der Waals surface area contributed by atoms with Crippen LogP contribution >= 0.6 is 0 Å². The Morgan fingerprint density at radius 1 is 1.18 bits per heavy atom. The molecule has 4 heteroatoms. The van der Waals surface area contributed by atoms with Gasteiger partial charge in [-0.3, -0.25) is 9.59 Å². The fourth-order valence-electron chi connectivity index (χ4n) is 2.91.